The fourth-order valence-electron chi connectivity index (χ4n) is 6.00. The molecule has 4 aromatic carbocycles. The minimum absolute atomic E-state index is 0.00589. The molecule has 0 fully saturated rings. The number of carboxylic acids is 2. The molecule has 53 heavy (non-hydrogen) atoms. The molecule has 1 heterocycles. The van der Waals surface area contributed by atoms with Gasteiger partial charge in [0.1, 0.15) is 12.0 Å². The van der Waals surface area contributed by atoms with Crippen molar-refractivity contribution in [2.75, 3.05) is 0 Å². The zero-order valence-corrected chi connectivity index (χ0v) is 27.7. The molecule has 0 aliphatic carbocycles. The Morgan fingerprint density at radius 2 is 1.13 bits per heavy atom. The Bertz CT molecular complexity index is 2070. The highest BCUT2D eigenvalue weighted by Gasteiger charge is 2.46. The van der Waals surface area contributed by atoms with Crippen molar-refractivity contribution in [2.45, 2.75) is 56.3 Å². The highest BCUT2D eigenvalue weighted by molar-refractivity contribution is 5.86. The molecule has 1 aliphatic rings. The van der Waals surface area contributed by atoms with Gasteiger partial charge in [0.25, 0.3) is 0 Å². The Morgan fingerprint density at radius 3 is 1.64 bits per heavy atom. The lowest BCUT2D eigenvalue weighted by atomic mass is 9.83. The molecule has 0 saturated heterocycles. The van der Waals surface area contributed by atoms with Gasteiger partial charge in [0.2, 0.25) is 12.2 Å². The summed E-state index contributed by atoms with van der Waals surface area (Å²) in [4.78, 5) is 51.5. The molecule has 0 saturated carbocycles. The van der Waals surface area contributed by atoms with Crippen molar-refractivity contribution in [3.8, 4) is 46.0 Å². The molecule has 0 aromatic heterocycles. The number of aliphatic carboxylic acids is 2. The molecule has 9 N–H and O–H groups in total. The van der Waals surface area contributed by atoms with Crippen LogP contribution in [0.5, 0.6) is 46.0 Å². The van der Waals surface area contributed by atoms with E-state index in [-0.39, 0.29) is 40.0 Å². The van der Waals surface area contributed by atoms with E-state index < -0.39 is 107 Å². The number of fused-ring (bicyclic) bond motifs is 1. The summed E-state index contributed by atoms with van der Waals surface area (Å²) < 4.78 is 16.8. The normalized spacial score (nSPS) is 16.4. The molecule has 0 spiro atoms. The summed E-state index contributed by atoms with van der Waals surface area (Å²) in [7, 11) is 0. The van der Waals surface area contributed by atoms with Crippen LogP contribution in [0.2, 0.25) is 0 Å². The number of aromatic hydroxyl groups is 7. The number of carboxylic acid groups (broad SMARTS) is 2. The van der Waals surface area contributed by atoms with E-state index in [1.165, 1.54) is 30.3 Å². The van der Waals surface area contributed by atoms with Crippen LogP contribution in [0.3, 0.4) is 0 Å². The number of carbonyl (C=O) groups is 4. The first kappa shape index (κ1) is 37.4. The number of rotatable bonds is 13. The number of phenols is 7. The van der Waals surface area contributed by atoms with E-state index >= 15 is 0 Å². The smallest absolute Gasteiger partial charge is 0.345 e. The van der Waals surface area contributed by atoms with Crippen molar-refractivity contribution in [2.24, 2.45) is 0 Å². The Balaban J connectivity index is 1.46. The summed E-state index contributed by atoms with van der Waals surface area (Å²) in [6.07, 6.45) is -6.15. The third kappa shape index (κ3) is 8.22. The van der Waals surface area contributed by atoms with Gasteiger partial charge < -0.3 is 60.2 Å². The van der Waals surface area contributed by atoms with Crippen LogP contribution in [-0.4, -0.2) is 82.0 Å². The summed E-state index contributed by atoms with van der Waals surface area (Å²) in [6, 6.07) is 13.3. The lowest BCUT2D eigenvalue weighted by molar-refractivity contribution is -0.166. The predicted molar refractivity (Wildman–Crippen MR) is 179 cm³/mol. The molecular weight excluding hydrogens is 700 g/mol. The van der Waals surface area contributed by atoms with Gasteiger partial charge in [0.05, 0.1) is 6.42 Å². The molecule has 0 amide bonds. The summed E-state index contributed by atoms with van der Waals surface area (Å²) in [5.74, 6) is -11.3. The fourth-order valence-corrected chi connectivity index (χ4v) is 6.00. The zero-order chi connectivity index (χ0) is 38.7. The molecule has 5 rings (SSSR count). The molecule has 16 heteroatoms. The highest BCUT2D eigenvalue weighted by atomic mass is 16.6. The van der Waals surface area contributed by atoms with E-state index in [0.717, 1.165) is 36.4 Å². The standard InChI is InChI=1S/C37H34O16/c1-16(10-30(45)51-28(35(46)47)13-17-2-6-21(38)25(42)11-17)20-5-9-24(41)34-31(20)32(33(53-34)19-4-8-23(40)27(44)15-19)37(50)52-29(36(48)49)14-18-3-7-22(39)26(43)12-18/h2-9,11-12,15-16,28-29,32-33,38-44H,10,13-14H2,1H3,(H,46,47)(H,48,49). The Kier molecular flexibility index (Phi) is 10.7. The van der Waals surface area contributed by atoms with E-state index in [1.807, 2.05) is 0 Å². The first-order valence-corrected chi connectivity index (χ1v) is 16.0. The Labute approximate surface area is 299 Å². The van der Waals surface area contributed by atoms with Gasteiger partial charge in [-0.1, -0.05) is 31.2 Å². The van der Waals surface area contributed by atoms with Gasteiger partial charge >= 0.3 is 23.9 Å². The van der Waals surface area contributed by atoms with Gasteiger partial charge in [-0.3, -0.25) is 9.59 Å². The summed E-state index contributed by atoms with van der Waals surface area (Å²) in [5, 5.41) is 89.6. The van der Waals surface area contributed by atoms with Gasteiger partial charge in [-0.25, -0.2) is 9.59 Å². The third-order valence-corrected chi connectivity index (χ3v) is 8.66. The van der Waals surface area contributed by atoms with Crippen LogP contribution in [0, 0.1) is 0 Å². The third-order valence-electron chi connectivity index (χ3n) is 8.66. The van der Waals surface area contributed by atoms with Crippen LogP contribution in [0.25, 0.3) is 0 Å². The quantitative estimate of drug-likeness (QED) is 0.0697. The molecule has 5 unspecified atom stereocenters. The Hall–Kier alpha value is -6.84. The zero-order valence-electron chi connectivity index (χ0n) is 27.7. The molecular formula is C37H34O16. The second-order valence-electron chi connectivity index (χ2n) is 12.4. The van der Waals surface area contributed by atoms with Crippen molar-refractivity contribution in [1.82, 2.24) is 0 Å². The average molecular weight is 735 g/mol. The van der Waals surface area contributed by atoms with Crippen LogP contribution in [0.15, 0.2) is 66.7 Å². The van der Waals surface area contributed by atoms with Crippen molar-refractivity contribution in [1.29, 1.82) is 0 Å². The first-order valence-electron chi connectivity index (χ1n) is 16.0. The molecule has 0 radical (unpaired) electrons. The number of benzene rings is 4. The topological polar surface area (TPSA) is 278 Å². The minimum Gasteiger partial charge on any atom is -0.504 e. The summed E-state index contributed by atoms with van der Waals surface area (Å²) in [6.45, 7) is 1.54. The maximum absolute atomic E-state index is 14.1. The van der Waals surface area contributed by atoms with E-state index in [2.05, 4.69) is 0 Å². The maximum atomic E-state index is 14.1. The van der Waals surface area contributed by atoms with E-state index in [0.29, 0.717) is 0 Å². The molecule has 0 bridgehead atoms. The second-order valence-corrected chi connectivity index (χ2v) is 12.4. The molecule has 16 nitrogen and oxygen atoms in total. The number of esters is 2. The van der Waals surface area contributed by atoms with Gasteiger partial charge in [-0.05, 0) is 70.6 Å². The van der Waals surface area contributed by atoms with Gasteiger partial charge in [0, 0.05) is 18.4 Å². The number of ether oxygens (including phenoxy) is 3. The van der Waals surface area contributed by atoms with Crippen LogP contribution in [0.4, 0.5) is 0 Å². The van der Waals surface area contributed by atoms with Crippen LogP contribution in [-0.2, 0) is 41.5 Å². The number of hydrogen-bond donors (Lipinski definition) is 9. The predicted octanol–water partition coefficient (Wildman–Crippen LogP) is 3.81. The largest absolute Gasteiger partial charge is 0.504 e. The first-order chi connectivity index (χ1) is 25.0. The molecule has 1 aliphatic heterocycles. The monoisotopic (exact) mass is 734 g/mol. The van der Waals surface area contributed by atoms with Crippen molar-refractivity contribution in [3.05, 3.63) is 94.5 Å². The van der Waals surface area contributed by atoms with Crippen LogP contribution < -0.4 is 4.74 Å². The van der Waals surface area contributed by atoms with E-state index in [9.17, 15) is 65.1 Å². The fraction of sp³-hybridized carbons (Fsp3) is 0.243. The van der Waals surface area contributed by atoms with Crippen LogP contribution in [0.1, 0.15) is 59.1 Å². The van der Waals surface area contributed by atoms with Crippen molar-refractivity contribution >= 4 is 23.9 Å². The van der Waals surface area contributed by atoms with Gasteiger partial charge in [-0.15, -0.1) is 0 Å². The highest BCUT2D eigenvalue weighted by Crippen LogP contribution is 2.54. The van der Waals surface area contributed by atoms with Crippen molar-refractivity contribution < 1.29 is 79.3 Å². The second kappa shape index (κ2) is 15.2. The average Bonchev–Trinajstić information content (AvgIpc) is 3.50. The minimum atomic E-state index is -1.83. The molecule has 5 atom stereocenters. The molecule has 278 valence electrons. The number of carbonyl (C=O) groups excluding carboxylic acids is 2. The number of phenolic OH excluding ortho intramolecular Hbond substituents is 7. The maximum Gasteiger partial charge on any atom is 0.345 e. The molecule has 4 aromatic rings. The van der Waals surface area contributed by atoms with Crippen LogP contribution >= 0.6 is 0 Å². The number of hydrogen-bond acceptors (Lipinski definition) is 14. The SMILES string of the molecule is CC(CC(=O)OC(Cc1ccc(O)c(O)c1)C(=O)O)c1ccc(O)c2c1C(C(=O)OC(Cc1ccc(O)c(O)c1)C(=O)O)C(c1ccc(O)c(O)c1)O2. The van der Waals surface area contributed by atoms with Crippen molar-refractivity contribution in [3.63, 3.8) is 0 Å². The lowest BCUT2D eigenvalue weighted by Gasteiger charge is -2.23. The summed E-state index contributed by atoms with van der Waals surface area (Å²) >= 11 is 0. The van der Waals surface area contributed by atoms with Gasteiger partial charge in [0.15, 0.2) is 46.0 Å². The Morgan fingerprint density at radius 1 is 0.642 bits per heavy atom. The summed E-state index contributed by atoms with van der Waals surface area (Å²) in [5.41, 5.74) is 0.768. The van der Waals surface area contributed by atoms with E-state index in [4.69, 9.17) is 14.2 Å². The lowest BCUT2D eigenvalue weighted by Crippen LogP contribution is -2.33. The van der Waals surface area contributed by atoms with Gasteiger partial charge in [-0.2, -0.15) is 0 Å². The van der Waals surface area contributed by atoms with E-state index in [1.54, 1.807) is 6.92 Å².